The Balaban J connectivity index is 2.32. The Morgan fingerprint density at radius 3 is 2.94 bits per heavy atom. The van der Waals surface area contributed by atoms with Gasteiger partial charge in [-0.05, 0) is 31.0 Å². The first-order chi connectivity index (χ1) is 8.61. The number of hydrogen-bond acceptors (Lipinski definition) is 4. The number of rotatable bonds is 4. The van der Waals surface area contributed by atoms with Gasteiger partial charge in [-0.25, -0.2) is 4.39 Å². The van der Waals surface area contributed by atoms with Crippen LogP contribution in [0.3, 0.4) is 0 Å². The minimum atomic E-state index is -0.320. The van der Waals surface area contributed by atoms with Crippen molar-refractivity contribution in [1.82, 2.24) is 10.1 Å². The van der Waals surface area contributed by atoms with E-state index in [0.29, 0.717) is 17.3 Å². The van der Waals surface area contributed by atoms with E-state index in [1.807, 2.05) is 13.8 Å². The summed E-state index contributed by atoms with van der Waals surface area (Å²) < 4.78 is 18.3. The largest absolute Gasteiger partial charge is 0.337 e. The Bertz CT molecular complexity index is 539. The number of aryl methyl sites for hydroxylation is 1. The fourth-order valence-corrected chi connectivity index (χ4v) is 1.76. The van der Waals surface area contributed by atoms with Gasteiger partial charge in [0.15, 0.2) is 0 Å². The van der Waals surface area contributed by atoms with E-state index in [0.717, 1.165) is 18.4 Å². The molecule has 2 N–H and O–H groups in total. The third-order valence-electron chi connectivity index (χ3n) is 2.80. The first-order valence-electron chi connectivity index (χ1n) is 5.97. The van der Waals surface area contributed by atoms with Crippen molar-refractivity contribution >= 4 is 0 Å². The van der Waals surface area contributed by atoms with E-state index in [4.69, 9.17) is 10.3 Å². The second-order valence-electron chi connectivity index (χ2n) is 4.31. The van der Waals surface area contributed by atoms with Gasteiger partial charge >= 0.3 is 0 Å². The summed E-state index contributed by atoms with van der Waals surface area (Å²) in [4.78, 5) is 4.23. The van der Waals surface area contributed by atoms with Crippen molar-refractivity contribution in [2.24, 2.45) is 5.73 Å². The van der Waals surface area contributed by atoms with E-state index in [-0.39, 0.29) is 11.9 Å². The molecule has 2 aromatic rings. The lowest BCUT2D eigenvalue weighted by Gasteiger charge is -2.02. The zero-order valence-corrected chi connectivity index (χ0v) is 10.5. The van der Waals surface area contributed by atoms with Crippen LogP contribution in [-0.2, 0) is 0 Å². The summed E-state index contributed by atoms with van der Waals surface area (Å²) >= 11 is 0. The molecule has 0 aliphatic rings. The molecule has 0 saturated carbocycles. The van der Waals surface area contributed by atoms with Gasteiger partial charge in [0.2, 0.25) is 11.7 Å². The molecule has 2 rings (SSSR count). The molecule has 1 heterocycles. The molecule has 0 radical (unpaired) electrons. The van der Waals surface area contributed by atoms with Crippen LogP contribution < -0.4 is 5.73 Å². The normalized spacial score (nSPS) is 12.7. The fourth-order valence-electron chi connectivity index (χ4n) is 1.76. The van der Waals surface area contributed by atoms with Crippen molar-refractivity contribution in [3.05, 3.63) is 35.5 Å². The molecule has 0 bridgehead atoms. The van der Waals surface area contributed by atoms with Gasteiger partial charge in [-0.1, -0.05) is 24.6 Å². The summed E-state index contributed by atoms with van der Waals surface area (Å²) in [6.07, 6.45) is 1.72. The zero-order valence-electron chi connectivity index (χ0n) is 10.5. The zero-order chi connectivity index (χ0) is 13.1. The lowest BCUT2D eigenvalue weighted by Crippen LogP contribution is -2.09. The Hall–Kier alpha value is -1.75. The monoisotopic (exact) mass is 249 g/mol. The first kappa shape index (κ1) is 12.7. The summed E-state index contributed by atoms with van der Waals surface area (Å²) in [7, 11) is 0. The predicted octanol–water partition coefficient (Wildman–Crippen LogP) is 2.98. The summed E-state index contributed by atoms with van der Waals surface area (Å²) in [5.74, 6) is 0.462. The van der Waals surface area contributed by atoms with Crippen LogP contribution in [0.2, 0.25) is 0 Å². The van der Waals surface area contributed by atoms with Gasteiger partial charge in [-0.3, -0.25) is 0 Å². The molecule has 0 saturated heterocycles. The van der Waals surface area contributed by atoms with Gasteiger partial charge in [-0.15, -0.1) is 0 Å². The third-order valence-corrected chi connectivity index (χ3v) is 2.80. The smallest absolute Gasteiger partial charge is 0.243 e. The highest BCUT2D eigenvalue weighted by Crippen LogP contribution is 2.23. The quantitative estimate of drug-likeness (QED) is 0.904. The van der Waals surface area contributed by atoms with Crippen LogP contribution in [0, 0.1) is 12.7 Å². The van der Waals surface area contributed by atoms with E-state index in [2.05, 4.69) is 10.1 Å². The molecule has 18 heavy (non-hydrogen) atoms. The lowest BCUT2D eigenvalue weighted by atomic mass is 10.1. The van der Waals surface area contributed by atoms with Crippen LogP contribution >= 0.6 is 0 Å². The van der Waals surface area contributed by atoms with Crippen LogP contribution in [0.5, 0.6) is 0 Å². The molecule has 4 nitrogen and oxygen atoms in total. The SMILES string of the molecule is CCC[C@@H](N)c1nc(-c2cc(F)ccc2C)no1. The van der Waals surface area contributed by atoms with E-state index in [1.165, 1.54) is 12.1 Å². The summed E-state index contributed by atoms with van der Waals surface area (Å²) in [6, 6.07) is 4.23. The molecule has 96 valence electrons. The van der Waals surface area contributed by atoms with Gasteiger partial charge < -0.3 is 10.3 Å². The van der Waals surface area contributed by atoms with Gasteiger partial charge in [0.1, 0.15) is 5.82 Å². The summed E-state index contributed by atoms with van der Waals surface area (Å²) in [6.45, 7) is 3.91. The Kier molecular flexibility index (Phi) is 3.72. The molecular weight excluding hydrogens is 233 g/mol. The summed E-state index contributed by atoms with van der Waals surface area (Å²) in [5.41, 5.74) is 7.42. The third kappa shape index (κ3) is 2.56. The van der Waals surface area contributed by atoms with Crippen molar-refractivity contribution in [1.29, 1.82) is 0 Å². The fraction of sp³-hybridized carbons (Fsp3) is 0.385. The van der Waals surface area contributed by atoms with E-state index >= 15 is 0 Å². The maximum Gasteiger partial charge on any atom is 0.243 e. The molecule has 0 aliphatic heterocycles. The standard InChI is InChI=1S/C13H16FN3O/c1-3-4-11(15)13-16-12(17-18-13)10-7-9(14)6-5-8(10)2/h5-7,11H,3-4,15H2,1-2H3/t11-/m1/s1. The topological polar surface area (TPSA) is 64.9 Å². The van der Waals surface area contributed by atoms with Crippen molar-refractivity contribution in [2.75, 3.05) is 0 Å². The van der Waals surface area contributed by atoms with Crippen LogP contribution in [0.4, 0.5) is 4.39 Å². The molecule has 5 heteroatoms. The van der Waals surface area contributed by atoms with E-state index < -0.39 is 0 Å². The maximum atomic E-state index is 13.2. The number of aromatic nitrogens is 2. The second kappa shape index (κ2) is 5.27. The predicted molar refractivity (Wildman–Crippen MR) is 66.3 cm³/mol. The molecule has 0 fully saturated rings. The molecule has 1 aromatic heterocycles. The van der Waals surface area contributed by atoms with Crippen molar-refractivity contribution in [2.45, 2.75) is 32.7 Å². The molecule has 0 unspecified atom stereocenters. The molecule has 1 atom stereocenters. The van der Waals surface area contributed by atoms with Crippen molar-refractivity contribution in [3.8, 4) is 11.4 Å². The minimum absolute atomic E-state index is 0.259. The highest BCUT2D eigenvalue weighted by atomic mass is 19.1. The molecule has 0 amide bonds. The number of benzene rings is 1. The average Bonchev–Trinajstić information content (AvgIpc) is 2.82. The molecule has 0 aliphatic carbocycles. The first-order valence-corrected chi connectivity index (χ1v) is 5.97. The highest BCUT2D eigenvalue weighted by molar-refractivity contribution is 5.59. The van der Waals surface area contributed by atoms with Crippen LogP contribution in [0.1, 0.15) is 37.3 Å². The highest BCUT2D eigenvalue weighted by Gasteiger charge is 2.16. The molecular formula is C13H16FN3O. The maximum absolute atomic E-state index is 13.2. The second-order valence-corrected chi connectivity index (χ2v) is 4.31. The van der Waals surface area contributed by atoms with Crippen LogP contribution in [-0.4, -0.2) is 10.1 Å². The average molecular weight is 249 g/mol. The lowest BCUT2D eigenvalue weighted by molar-refractivity contribution is 0.348. The van der Waals surface area contributed by atoms with Crippen LogP contribution in [0.15, 0.2) is 22.7 Å². The van der Waals surface area contributed by atoms with Crippen molar-refractivity contribution in [3.63, 3.8) is 0 Å². The Morgan fingerprint density at radius 1 is 1.44 bits per heavy atom. The molecule has 1 aromatic carbocycles. The Morgan fingerprint density at radius 2 is 2.22 bits per heavy atom. The molecule has 0 spiro atoms. The number of hydrogen-bond donors (Lipinski definition) is 1. The van der Waals surface area contributed by atoms with Gasteiger partial charge in [0, 0.05) is 5.56 Å². The van der Waals surface area contributed by atoms with E-state index in [1.54, 1.807) is 6.07 Å². The number of nitrogens with zero attached hydrogens (tertiary/aromatic N) is 2. The van der Waals surface area contributed by atoms with Gasteiger partial charge in [0.25, 0.3) is 0 Å². The van der Waals surface area contributed by atoms with Crippen LogP contribution in [0.25, 0.3) is 11.4 Å². The minimum Gasteiger partial charge on any atom is -0.337 e. The Labute approximate surface area is 105 Å². The van der Waals surface area contributed by atoms with Gasteiger partial charge in [0.05, 0.1) is 6.04 Å². The van der Waals surface area contributed by atoms with Crippen molar-refractivity contribution < 1.29 is 8.91 Å². The summed E-state index contributed by atoms with van der Waals surface area (Å²) in [5, 5.41) is 3.86. The van der Waals surface area contributed by atoms with E-state index in [9.17, 15) is 4.39 Å². The number of nitrogens with two attached hydrogens (primary N) is 1. The van der Waals surface area contributed by atoms with Gasteiger partial charge in [-0.2, -0.15) is 4.98 Å². The number of halogens is 1.